The van der Waals surface area contributed by atoms with Crippen molar-refractivity contribution in [3.8, 4) is 0 Å². The van der Waals surface area contributed by atoms with Gasteiger partial charge in [0.1, 0.15) is 0 Å². The maximum absolute atomic E-state index is 11.1. The average Bonchev–Trinajstić information content (AvgIpc) is 2.03. The highest BCUT2D eigenvalue weighted by molar-refractivity contribution is 5.93. The number of hydrogen-bond donors (Lipinski definition) is 0. The summed E-state index contributed by atoms with van der Waals surface area (Å²) in [7, 11) is 0. The van der Waals surface area contributed by atoms with Crippen molar-refractivity contribution in [2.75, 3.05) is 13.1 Å². The Labute approximate surface area is 71.5 Å². The van der Waals surface area contributed by atoms with Crippen LogP contribution in [-0.4, -0.2) is 29.9 Å². The van der Waals surface area contributed by atoms with Crippen molar-refractivity contribution in [2.45, 2.75) is 13.8 Å². The third kappa shape index (κ3) is 3.75. The molecule has 0 N–H and O–H groups in total. The first-order valence-corrected chi connectivity index (χ1v) is 3.79. The van der Waals surface area contributed by atoms with Gasteiger partial charge in [0.15, 0.2) is 0 Å². The molecule has 0 heterocycles. The quantitative estimate of drug-likeness (QED) is 0.517. The summed E-state index contributed by atoms with van der Waals surface area (Å²) in [5, 5.41) is 9.93. The maximum Gasteiger partial charge on any atom is 0.246 e. The number of carbonyl (C=O) groups is 2. The van der Waals surface area contributed by atoms with Crippen LogP contribution in [0.2, 0.25) is 0 Å². The van der Waals surface area contributed by atoms with Crippen LogP contribution in [-0.2, 0) is 9.59 Å². The normalized spacial score (nSPS) is 10.2. The van der Waals surface area contributed by atoms with Crippen molar-refractivity contribution in [1.29, 1.82) is 0 Å². The van der Waals surface area contributed by atoms with Crippen LogP contribution in [0.4, 0.5) is 0 Å². The monoisotopic (exact) mass is 170 g/mol. The van der Waals surface area contributed by atoms with Gasteiger partial charge < -0.3 is 14.8 Å². The number of nitrogens with zero attached hydrogens (tertiary/aromatic N) is 1. The molecule has 68 valence electrons. The molecule has 0 aliphatic carbocycles. The standard InChI is InChI=1S/C8H13NO3/c1-3-9(4-2)7(10)5-6-8(11)12/h5-6H,3-4H2,1-2H3,(H,11,12)/p-1/b6-5+. The van der Waals surface area contributed by atoms with Gasteiger partial charge in [0, 0.05) is 19.2 Å². The topological polar surface area (TPSA) is 60.4 Å². The summed E-state index contributed by atoms with van der Waals surface area (Å²) < 4.78 is 0. The lowest BCUT2D eigenvalue weighted by Gasteiger charge is -2.15. The number of carboxylic acids is 1. The van der Waals surface area contributed by atoms with Gasteiger partial charge in [-0.1, -0.05) is 0 Å². The first kappa shape index (κ1) is 10.7. The number of amides is 1. The van der Waals surface area contributed by atoms with Gasteiger partial charge in [-0.05, 0) is 19.9 Å². The minimum absolute atomic E-state index is 0.302. The number of aliphatic carboxylic acids is 1. The molecule has 0 saturated heterocycles. The van der Waals surface area contributed by atoms with E-state index in [2.05, 4.69) is 0 Å². The van der Waals surface area contributed by atoms with E-state index >= 15 is 0 Å². The van der Waals surface area contributed by atoms with E-state index < -0.39 is 5.97 Å². The zero-order valence-corrected chi connectivity index (χ0v) is 7.24. The second-order valence-electron chi connectivity index (χ2n) is 2.16. The molecule has 0 spiro atoms. The lowest BCUT2D eigenvalue weighted by Crippen LogP contribution is -2.29. The van der Waals surface area contributed by atoms with Gasteiger partial charge in [0.25, 0.3) is 0 Å². The van der Waals surface area contributed by atoms with Gasteiger partial charge in [-0.2, -0.15) is 0 Å². The Morgan fingerprint density at radius 2 is 1.75 bits per heavy atom. The first-order valence-electron chi connectivity index (χ1n) is 3.79. The fraction of sp³-hybridized carbons (Fsp3) is 0.500. The predicted octanol–water partition coefficient (Wildman–Crippen LogP) is -0.839. The zero-order chi connectivity index (χ0) is 9.56. The lowest BCUT2D eigenvalue weighted by atomic mass is 10.4. The molecule has 0 atom stereocenters. The van der Waals surface area contributed by atoms with Crippen LogP contribution in [0.15, 0.2) is 12.2 Å². The molecule has 12 heavy (non-hydrogen) atoms. The van der Waals surface area contributed by atoms with Gasteiger partial charge in [-0.25, -0.2) is 0 Å². The third-order valence-corrected chi connectivity index (χ3v) is 1.44. The molecule has 0 saturated carbocycles. The van der Waals surface area contributed by atoms with E-state index in [1.807, 2.05) is 13.8 Å². The van der Waals surface area contributed by atoms with E-state index in [1.54, 1.807) is 0 Å². The van der Waals surface area contributed by atoms with Crippen LogP contribution >= 0.6 is 0 Å². The van der Waals surface area contributed by atoms with E-state index in [-0.39, 0.29) is 5.91 Å². The average molecular weight is 170 g/mol. The van der Waals surface area contributed by atoms with Crippen LogP contribution in [0.3, 0.4) is 0 Å². The smallest absolute Gasteiger partial charge is 0.246 e. The Hall–Kier alpha value is -1.32. The Kier molecular flexibility index (Phi) is 4.76. The molecule has 0 bridgehead atoms. The molecule has 0 rings (SSSR count). The molecule has 0 unspecified atom stereocenters. The lowest BCUT2D eigenvalue weighted by molar-refractivity contribution is -0.297. The Bertz CT molecular complexity index is 194. The number of rotatable bonds is 4. The second-order valence-corrected chi connectivity index (χ2v) is 2.16. The van der Waals surface area contributed by atoms with E-state index in [0.717, 1.165) is 12.2 Å². The molecule has 0 aromatic rings. The number of carbonyl (C=O) groups excluding carboxylic acids is 2. The van der Waals surface area contributed by atoms with Crippen molar-refractivity contribution >= 4 is 11.9 Å². The molecule has 0 fully saturated rings. The molecule has 1 amide bonds. The van der Waals surface area contributed by atoms with E-state index in [4.69, 9.17) is 0 Å². The van der Waals surface area contributed by atoms with E-state index in [0.29, 0.717) is 13.1 Å². The van der Waals surface area contributed by atoms with Crippen LogP contribution in [0.1, 0.15) is 13.8 Å². The fourth-order valence-electron chi connectivity index (χ4n) is 0.780. The molecule has 0 aromatic heterocycles. The maximum atomic E-state index is 11.1. The minimum Gasteiger partial charge on any atom is -0.545 e. The van der Waals surface area contributed by atoms with Crippen molar-refractivity contribution in [3.05, 3.63) is 12.2 Å². The SMILES string of the molecule is CCN(CC)C(=O)/C=C/C(=O)[O-]. The molecule has 4 nitrogen and oxygen atoms in total. The summed E-state index contributed by atoms with van der Waals surface area (Å²) in [6.07, 6.45) is 1.74. The van der Waals surface area contributed by atoms with E-state index in [1.165, 1.54) is 4.90 Å². The molecular formula is C8H12NO3-. The Morgan fingerprint density at radius 1 is 1.25 bits per heavy atom. The fourth-order valence-corrected chi connectivity index (χ4v) is 0.780. The number of hydrogen-bond acceptors (Lipinski definition) is 3. The van der Waals surface area contributed by atoms with Crippen molar-refractivity contribution in [3.63, 3.8) is 0 Å². The minimum atomic E-state index is -1.35. The van der Waals surface area contributed by atoms with Gasteiger partial charge >= 0.3 is 0 Å². The third-order valence-electron chi connectivity index (χ3n) is 1.44. The molecule has 0 aromatic carbocycles. The van der Waals surface area contributed by atoms with Crippen molar-refractivity contribution in [2.24, 2.45) is 0 Å². The molecule has 4 heteroatoms. The van der Waals surface area contributed by atoms with Crippen molar-refractivity contribution in [1.82, 2.24) is 4.90 Å². The van der Waals surface area contributed by atoms with Crippen LogP contribution in [0.25, 0.3) is 0 Å². The molecular weight excluding hydrogens is 158 g/mol. The Morgan fingerprint density at radius 3 is 2.08 bits per heavy atom. The zero-order valence-electron chi connectivity index (χ0n) is 7.24. The molecule has 0 radical (unpaired) electrons. The highest BCUT2D eigenvalue weighted by atomic mass is 16.4. The summed E-state index contributed by atoms with van der Waals surface area (Å²) in [5.74, 6) is -1.65. The Balaban J connectivity index is 4.10. The summed E-state index contributed by atoms with van der Waals surface area (Å²) in [4.78, 5) is 22.5. The second kappa shape index (κ2) is 5.35. The summed E-state index contributed by atoms with van der Waals surface area (Å²) >= 11 is 0. The van der Waals surface area contributed by atoms with E-state index in [9.17, 15) is 14.7 Å². The first-order chi connectivity index (χ1) is 5.61. The van der Waals surface area contributed by atoms with Gasteiger partial charge in [0.05, 0.1) is 5.97 Å². The number of likely N-dealkylation sites (N-methyl/N-ethyl adjacent to an activating group) is 1. The predicted molar refractivity (Wildman–Crippen MR) is 42.1 cm³/mol. The largest absolute Gasteiger partial charge is 0.545 e. The molecule has 0 aliphatic rings. The molecule has 0 aliphatic heterocycles. The van der Waals surface area contributed by atoms with Gasteiger partial charge in [0.2, 0.25) is 5.91 Å². The van der Waals surface area contributed by atoms with Crippen molar-refractivity contribution < 1.29 is 14.7 Å². The summed E-state index contributed by atoms with van der Waals surface area (Å²) in [6, 6.07) is 0. The highest BCUT2D eigenvalue weighted by Gasteiger charge is 2.03. The highest BCUT2D eigenvalue weighted by Crippen LogP contribution is 1.89. The summed E-state index contributed by atoms with van der Waals surface area (Å²) in [5.41, 5.74) is 0. The van der Waals surface area contributed by atoms with Crippen LogP contribution in [0, 0.1) is 0 Å². The van der Waals surface area contributed by atoms with Crippen LogP contribution < -0.4 is 5.11 Å². The summed E-state index contributed by atoms with van der Waals surface area (Å²) in [6.45, 7) is 4.81. The van der Waals surface area contributed by atoms with Gasteiger partial charge in [-0.3, -0.25) is 4.79 Å². The van der Waals surface area contributed by atoms with Crippen LogP contribution in [0.5, 0.6) is 0 Å². The number of carboxylic acid groups (broad SMARTS) is 1. The van der Waals surface area contributed by atoms with Gasteiger partial charge in [-0.15, -0.1) is 0 Å².